The lowest BCUT2D eigenvalue weighted by atomic mass is 10.1. The Balaban J connectivity index is 2.61. The van der Waals surface area contributed by atoms with Crippen molar-refractivity contribution < 1.29 is 19.8 Å². The Bertz CT molecular complexity index is 444. The van der Waals surface area contributed by atoms with Crippen molar-refractivity contribution in [2.45, 2.75) is 13.3 Å². The van der Waals surface area contributed by atoms with Gasteiger partial charge in [-0.15, -0.1) is 0 Å². The number of carboxylic acid groups (broad SMARTS) is 1. The maximum absolute atomic E-state index is 11.8. The van der Waals surface area contributed by atoms with Crippen LogP contribution in [0.15, 0.2) is 24.3 Å². The second-order valence-electron chi connectivity index (χ2n) is 4.32. The van der Waals surface area contributed by atoms with E-state index in [9.17, 15) is 14.7 Å². The number of aliphatic carboxylic acids is 1. The van der Waals surface area contributed by atoms with Gasteiger partial charge >= 0.3 is 5.97 Å². The number of amides is 1. The molecular weight excluding hydrogens is 234 g/mol. The van der Waals surface area contributed by atoms with Crippen LogP contribution in [0, 0.1) is 5.92 Å². The molecule has 5 nitrogen and oxygen atoms in total. The van der Waals surface area contributed by atoms with Crippen molar-refractivity contribution in [2.24, 2.45) is 5.92 Å². The SMILES string of the molecule is CC(CN(C)C(=O)Cc1ccccc1O)C(=O)O. The third kappa shape index (κ3) is 3.76. The van der Waals surface area contributed by atoms with Crippen LogP contribution in [0.5, 0.6) is 5.75 Å². The van der Waals surface area contributed by atoms with E-state index < -0.39 is 11.9 Å². The molecule has 0 fully saturated rings. The molecular formula is C13H17NO4. The summed E-state index contributed by atoms with van der Waals surface area (Å²) in [5.41, 5.74) is 0.539. The summed E-state index contributed by atoms with van der Waals surface area (Å²) in [4.78, 5) is 23.9. The molecule has 1 aromatic carbocycles. The molecule has 0 heterocycles. The number of hydrogen-bond acceptors (Lipinski definition) is 3. The first-order valence-electron chi connectivity index (χ1n) is 5.65. The number of likely N-dealkylation sites (N-methyl/N-ethyl adjacent to an activating group) is 1. The lowest BCUT2D eigenvalue weighted by Gasteiger charge is -2.19. The van der Waals surface area contributed by atoms with Crippen molar-refractivity contribution in [1.82, 2.24) is 4.90 Å². The standard InChI is InChI=1S/C13H17NO4/c1-9(13(17)18)8-14(2)12(16)7-10-5-3-4-6-11(10)15/h3-6,9,15H,7-8H2,1-2H3,(H,17,18). The zero-order valence-corrected chi connectivity index (χ0v) is 10.5. The van der Waals surface area contributed by atoms with E-state index in [0.717, 1.165) is 0 Å². The van der Waals surface area contributed by atoms with E-state index in [2.05, 4.69) is 0 Å². The first-order chi connectivity index (χ1) is 8.41. The summed E-state index contributed by atoms with van der Waals surface area (Å²) >= 11 is 0. The highest BCUT2D eigenvalue weighted by Gasteiger charge is 2.18. The Morgan fingerprint density at radius 2 is 1.94 bits per heavy atom. The van der Waals surface area contributed by atoms with Gasteiger partial charge < -0.3 is 15.1 Å². The maximum atomic E-state index is 11.8. The number of para-hydroxylation sites is 1. The highest BCUT2D eigenvalue weighted by molar-refractivity contribution is 5.80. The molecule has 1 amide bonds. The molecule has 2 N–H and O–H groups in total. The Hall–Kier alpha value is -2.04. The normalized spacial score (nSPS) is 11.9. The number of phenols is 1. The minimum atomic E-state index is -0.933. The van der Waals surface area contributed by atoms with Gasteiger partial charge in [-0.3, -0.25) is 9.59 Å². The number of phenolic OH excluding ortho intramolecular Hbond substituents is 1. The van der Waals surface area contributed by atoms with Gasteiger partial charge in [-0.25, -0.2) is 0 Å². The first-order valence-corrected chi connectivity index (χ1v) is 5.65. The highest BCUT2D eigenvalue weighted by atomic mass is 16.4. The van der Waals surface area contributed by atoms with Crippen LogP contribution in [0.1, 0.15) is 12.5 Å². The minimum Gasteiger partial charge on any atom is -0.508 e. The molecule has 1 rings (SSSR count). The maximum Gasteiger partial charge on any atom is 0.308 e. The summed E-state index contributed by atoms with van der Waals surface area (Å²) in [6.07, 6.45) is 0.0650. The number of rotatable bonds is 5. The van der Waals surface area contributed by atoms with Gasteiger partial charge in [-0.05, 0) is 6.07 Å². The molecule has 98 valence electrons. The smallest absolute Gasteiger partial charge is 0.308 e. The van der Waals surface area contributed by atoms with Crippen molar-refractivity contribution in [3.63, 3.8) is 0 Å². The average Bonchev–Trinajstić information content (AvgIpc) is 2.31. The van der Waals surface area contributed by atoms with Crippen molar-refractivity contribution in [2.75, 3.05) is 13.6 Å². The summed E-state index contributed by atoms with van der Waals surface area (Å²) in [6, 6.07) is 6.60. The predicted molar refractivity (Wildman–Crippen MR) is 66.2 cm³/mol. The van der Waals surface area contributed by atoms with Crippen LogP contribution in [-0.2, 0) is 16.0 Å². The van der Waals surface area contributed by atoms with E-state index in [0.29, 0.717) is 5.56 Å². The number of benzene rings is 1. The van der Waals surface area contributed by atoms with Gasteiger partial charge in [-0.2, -0.15) is 0 Å². The summed E-state index contributed by atoms with van der Waals surface area (Å²) in [7, 11) is 1.56. The van der Waals surface area contributed by atoms with Crippen molar-refractivity contribution in [3.05, 3.63) is 29.8 Å². The molecule has 0 aliphatic heterocycles. The monoisotopic (exact) mass is 251 g/mol. The Labute approximate surface area is 106 Å². The van der Waals surface area contributed by atoms with E-state index in [1.807, 2.05) is 0 Å². The topological polar surface area (TPSA) is 77.8 Å². The number of aromatic hydroxyl groups is 1. The predicted octanol–water partition coefficient (Wildman–Crippen LogP) is 1.11. The van der Waals surface area contributed by atoms with E-state index in [1.165, 1.54) is 11.0 Å². The van der Waals surface area contributed by atoms with Gasteiger partial charge in [-0.1, -0.05) is 25.1 Å². The zero-order valence-electron chi connectivity index (χ0n) is 10.5. The van der Waals surface area contributed by atoms with E-state index in [1.54, 1.807) is 32.2 Å². The van der Waals surface area contributed by atoms with E-state index in [-0.39, 0.29) is 24.6 Å². The molecule has 1 aromatic rings. The van der Waals surface area contributed by atoms with Crippen LogP contribution in [0.4, 0.5) is 0 Å². The second kappa shape index (κ2) is 6.05. The van der Waals surface area contributed by atoms with Crippen LogP contribution in [-0.4, -0.2) is 40.6 Å². The molecule has 18 heavy (non-hydrogen) atoms. The Morgan fingerprint density at radius 3 is 2.50 bits per heavy atom. The van der Waals surface area contributed by atoms with Crippen LogP contribution in [0.2, 0.25) is 0 Å². The molecule has 0 aliphatic rings. The molecule has 0 radical (unpaired) electrons. The molecule has 5 heteroatoms. The Morgan fingerprint density at radius 1 is 1.33 bits per heavy atom. The van der Waals surface area contributed by atoms with E-state index in [4.69, 9.17) is 5.11 Å². The quantitative estimate of drug-likeness (QED) is 0.821. The number of hydrogen-bond donors (Lipinski definition) is 2. The van der Waals surface area contributed by atoms with Crippen molar-refractivity contribution in [3.8, 4) is 5.75 Å². The zero-order chi connectivity index (χ0) is 13.7. The van der Waals surface area contributed by atoms with Crippen molar-refractivity contribution in [1.29, 1.82) is 0 Å². The lowest BCUT2D eigenvalue weighted by molar-refractivity contribution is -0.142. The third-order valence-corrected chi connectivity index (χ3v) is 2.73. The average molecular weight is 251 g/mol. The number of carbonyl (C=O) groups excluding carboxylic acids is 1. The van der Waals surface area contributed by atoms with Crippen LogP contribution in [0.25, 0.3) is 0 Å². The molecule has 0 spiro atoms. The van der Waals surface area contributed by atoms with Gasteiger partial charge in [0, 0.05) is 19.2 Å². The summed E-state index contributed by atoms with van der Waals surface area (Å²) in [5, 5.41) is 18.3. The first kappa shape index (κ1) is 14.0. The molecule has 0 aliphatic carbocycles. The minimum absolute atomic E-state index is 0.0650. The van der Waals surface area contributed by atoms with Crippen LogP contribution >= 0.6 is 0 Å². The van der Waals surface area contributed by atoms with Crippen LogP contribution in [0.3, 0.4) is 0 Å². The van der Waals surface area contributed by atoms with Crippen molar-refractivity contribution >= 4 is 11.9 Å². The molecule has 0 saturated heterocycles. The summed E-state index contributed by atoms with van der Waals surface area (Å²) in [5.74, 6) is -1.68. The largest absolute Gasteiger partial charge is 0.508 e. The molecule has 0 bridgehead atoms. The number of carbonyl (C=O) groups is 2. The summed E-state index contributed by atoms with van der Waals surface area (Å²) < 4.78 is 0. The highest BCUT2D eigenvalue weighted by Crippen LogP contribution is 2.16. The number of nitrogens with zero attached hydrogens (tertiary/aromatic N) is 1. The third-order valence-electron chi connectivity index (χ3n) is 2.73. The molecule has 1 unspecified atom stereocenters. The fourth-order valence-electron chi connectivity index (χ4n) is 1.55. The summed E-state index contributed by atoms with van der Waals surface area (Å²) in [6.45, 7) is 1.70. The van der Waals surface area contributed by atoms with Gasteiger partial charge in [0.15, 0.2) is 0 Å². The molecule has 0 saturated carbocycles. The molecule has 1 atom stereocenters. The van der Waals surface area contributed by atoms with Gasteiger partial charge in [0.2, 0.25) is 5.91 Å². The van der Waals surface area contributed by atoms with Gasteiger partial charge in [0.1, 0.15) is 5.75 Å². The van der Waals surface area contributed by atoms with E-state index >= 15 is 0 Å². The fourth-order valence-corrected chi connectivity index (χ4v) is 1.55. The fraction of sp³-hybridized carbons (Fsp3) is 0.385. The second-order valence-corrected chi connectivity index (χ2v) is 4.32. The number of carboxylic acids is 1. The van der Waals surface area contributed by atoms with Gasteiger partial charge in [0.25, 0.3) is 0 Å². The lowest BCUT2D eigenvalue weighted by Crippen LogP contribution is -2.34. The van der Waals surface area contributed by atoms with Crippen LogP contribution < -0.4 is 0 Å². The molecule has 0 aromatic heterocycles. The van der Waals surface area contributed by atoms with Gasteiger partial charge in [0.05, 0.1) is 12.3 Å². The Kier molecular flexibility index (Phi) is 4.71.